The number of hydrogen-bond donors (Lipinski definition) is 0. The standard InChI is InChI=1S/C15H11Cl/c1-2-15(12-6-4-3-5-7-12)13-8-10-14(16)11-9-13/h1,3-11,15H. The van der Waals surface area contributed by atoms with Gasteiger partial charge in [0.25, 0.3) is 0 Å². The van der Waals surface area contributed by atoms with Crippen LogP contribution in [0.5, 0.6) is 0 Å². The molecule has 0 radical (unpaired) electrons. The Morgan fingerprint density at radius 1 is 0.875 bits per heavy atom. The van der Waals surface area contributed by atoms with Gasteiger partial charge in [-0.15, -0.1) is 6.42 Å². The van der Waals surface area contributed by atoms with Crippen molar-refractivity contribution in [3.8, 4) is 12.3 Å². The van der Waals surface area contributed by atoms with Crippen molar-refractivity contribution in [3.05, 3.63) is 70.7 Å². The van der Waals surface area contributed by atoms with Crippen LogP contribution in [0.3, 0.4) is 0 Å². The van der Waals surface area contributed by atoms with Crippen LogP contribution in [0.2, 0.25) is 5.02 Å². The SMILES string of the molecule is C#CC(c1ccccc1)c1ccc(Cl)cc1. The predicted octanol–water partition coefficient (Wildman–Crippen LogP) is 4.11. The summed E-state index contributed by atoms with van der Waals surface area (Å²) in [5.74, 6) is 2.81. The monoisotopic (exact) mass is 226 g/mol. The molecule has 78 valence electrons. The molecule has 0 heterocycles. The first-order valence-electron chi connectivity index (χ1n) is 5.08. The average molecular weight is 227 g/mol. The Bertz CT molecular complexity index is 491. The van der Waals surface area contributed by atoms with Crippen molar-refractivity contribution in [3.63, 3.8) is 0 Å². The summed E-state index contributed by atoms with van der Waals surface area (Å²) >= 11 is 5.85. The fraction of sp³-hybridized carbons (Fsp3) is 0.0667. The zero-order chi connectivity index (χ0) is 11.4. The minimum absolute atomic E-state index is 0.00142. The second kappa shape index (κ2) is 4.88. The van der Waals surface area contributed by atoms with E-state index in [1.807, 2.05) is 54.6 Å². The maximum absolute atomic E-state index is 5.85. The van der Waals surface area contributed by atoms with Gasteiger partial charge in [-0.3, -0.25) is 0 Å². The Balaban J connectivity index is 2.38. The van der Waals surface area contributed by atoms with Crippen LogP contribution in [0.25, 0.3) is 0 Å². The molecule has 0 saturated heterocycles. The lowest BCUT2D eigenvalue weighted by Crippen LogP contribution is -1.97. The molecule has 2 aromatic rings. The zero-order valence-corrected chi connectivity index (χ0v) is 9.48. The molecule has 0 amide bonds. The van der Waals surface area contributed by atoms with Crippen LogP contribution in [0.15, 0.2) is 54.6 Å². The summed E-state index contributed by atoms with van der Waals surface area (Å²) in [6.07, 6.45) is 5.59. The van der Waals surface area contributed by atoms with Gasteiger partial charge in [0.15, 0.2) is 0 Å². The lowest BCUT2D eigenvalue weighted by atomic mass is 9.92. The quantitative estimate of drug-likeness (QED) is 0.677. The van der Waals surface area contributed by atoms with Crippen molar-refractivity contribution in [1.29, 1.82) is 0 Å². The molecule has 1 heteroatoms. The highest BCUT2D eigenvalue weighted by molar-refractivity contribution is 6.30. The maximum atomic E-state index is 5.85. The number of terminal acetylenes is 1. The number of halogens is 1. The van der Waals surface area contributed by atoms with E-state index in [0.717, 1.165) is 16.1 Å². The molecule has 1 unspecified atom stereocenters. The molecule has 0 N–H and O–H groups in total. The molecule has 16 heavy (non-hydrogen) atoms. The first-order chi connectivity index (χ1) is 7.81. The van der Waals surface area contributed by atoms with E-state index in [9.17, 15) is 0 Å². The van der Waals surface area contributed by atoms with Crippen molar-refractivity contribution in [2.24, 2.45) is 0 Å². The molecule has 0 spiro atoms. The summed E-state index contributed by atoms with van der Waals surface area (Å²) in [6, 6.07) is 17.7. The molecule has 0 aliphatic heterocycles. The van der Waals surface area contributed by atoms with Crippen LogP contribution in [-0.2, 0) is 0 Å². The van der Waals surface area contributed by atoms with Gasteiger partial charge in [-0.1, -0.05) is 60.0 Å². The maximum Gasteiger partial charge on any atom is 0.0699 e. The summed E-state index contributed by atoms with van der Waals surface area (Å²) in [6.45, 7) is 0. The highest BCUT2D eigenvalue weighted by Crippen LogP contribution is 2.24. The van der Waals surface area contributed by atoms with E-state index in [-0.39, 0.29) is 5.92 Å². The van der Waals surface area contributed by atoms with Crippen molar-refractivity contribution in [1.82, 2.24) is 0 Å². The van der Waals surface area contributed by atoms with Crippen LogP contribution in [0, 0.1) is 12.3 Å². The summed E-state index contributed by atoms with van der Waals surface area (Å²) in [5, 5.41) is 0.729. The van der Waals surface area contributed by atoms with Gasteiger partial charge in [-0.2, -0.15) is 0 Å². The number of hydrogen-bond acceptors (Lipinski definition) is 0. The first kappa shape index (κ1) is 10.8. The van der Waals surface area contributed by atoms with Gasteiger partial charge >= 0.3 is 0 Å². The molecular formula is C15H11Cl. The number of benzene rings is 2. The minimum Gasteiger partial charge on any atom is -0.119 e. The second-order valence-electron chi connectivity index (χ2n) is 3.56. The van der Waals surface area contributed by atoms with E-state index in [1.54, 1.807) is 0 Å². The van der Waals surface area contributed by atoms with Crippen LogP contribution < -0.4 is 0 Å². The lowest BCUT2D eigenvalue weighted by molar-refractivity contribution is 1.07. The fourth-order valence-electron chi connectivity index (χ4n) is 1.69. The van der Waals surface area contributed by atoms with Crippen LogP contribution in [-0.4, -0.2) is 0 Å². The Morgan fingerprint density at radius 2 is 1.44 bits per heavy atom. The smallest absolute Gasteiger partial charge is 0.0699 e. The minimum atomic E-state index is -0.00142. The largest absolute Gasteiger partial charge is 0.119 e. The Kier molecular flexibility index (Phi) is 3.29. The van der Waals surface area contributed by atoms with Gasteiger partial charge in [-0.25, -0.2) is 0 Å². The zero-order valence-electron chi connectivity index (χ0n) is 8.73. The Labute approximate surface area is 101 Å². The van der Waals surface area contributed by atoms with Crippen molar-refractivity contribution in [2.75, 3.05) is 0 Å². The van der Waals surface area contributed by atoms with E-state index in [0.29, 0.717) is 0 Å². The number of rotatable bonds is 2. The molecule has 0 nitrogen and oxygen atoms in total. The summed E-state index contributed by atoms with van der Waals surface area (Å²) in [4.78, 5) is 0. The second-order valence-corrected chi connectivity index (χ2v) is 4.00. The van der Waals surface area contributed by atoms with Gasteiger partial charge in [-0.05, 0) is 23.3 Å². The van der Waals surface area contributed by atoms with Crippen LogP contribution in [0.1, 0.15) is 17.0 Å². The van der Waals surface area contributed by atoms with Crippen molar-refractivity contribution in [2.45, 2.75) is 5.92 Å². The van der Waals surface area contributed by atoms with Gasteiger partial charge in [0.05, 0.1) is 5.92 Å². The third kappa shape index (κ3) is 2.27. The molecule has 0 fully saturated rings. The van der Waals surface area contributed by atoms with E-state index in [2.05, 4.69) is 5.92 Å². The van der Waals surface area contributed by atoms with E-state index in [4.69, 9.17) is 18.0 Å². The first-order valence-corrected chi connectivity index (χ1v) is 5.45. The normalized spacial score (nSPS) is 11.8. The van der Waals surface area contributed by atoms with Crippen LogP contribution >= 0.6 is 11.6 Å². The molecule has 0 saturated carbocycles. The fourth-order valence-corrected chi connectivity index (χ4v) is 1.81. The highest BCUT2D eigenvalue weighted by atomic mass is 35.5. The van der Waals surface area contributed by atoms with Crippen LogP contribution in [0.4, 0.5) is 0 Å². The van der Waals surface area contributed by atoms with E-state index in [1.165, 1.54) is 0 Å². The molecular weight excluding hydrogens is 216 g/mol. The molecule has 2 aromatic carbocycles. The lowest BCUT2D eigenvalue weighted by Gasteiger charge is -2.11. The van der Waals surface area contributed by atoms with Gasteiger partial charge in [0.2, 0.25) is 0 Å². The molecule has 0 bridgehead atoms. The van der Waals surface area contributed by atoms with E-state index < -0.39 is 0 Å². The predicted molar refractivity (Wildman–Crippen MR) is 68.6 cm³/mol. The summed E-state index contributed by atoms with van der Waals surface area (Å²) in [7, 11) is 0. The third-order valence-electron chi connectivity index (χ3n) is 2.50. The molecule has 0 aromatic heterocycles. The van der Waals surface area contributed by atoms with Gasteiger partial charge in [0.1, 0.15) is 0 Å². The summed E-state index contributed by atoms with van der Waals surface area (Å²) < 4.78 is 0. The van der Waals surface area contributed by atoms with Gasteiger partial charge in [0, 0.05) is 5.02 Å². The Morgan fingerprint density at radius 3 is 2.00 bits per heavy atom. The van der Waals surface area contributed by atoms with Gasteiger partial charge < -0.3 is 0 Å². The molecule has 0 aliphatic rings. The molecule has 1 atom stereocenters. The Hall–Kier alpha value is -1.71. The molecule has 0 aliphatic carbocycles. The van der Waals surface area contributed by atoms with Crippen molar-refractivity contribution >= 4 is 11.6 Å². The topological polar surface area (TPSA) is 0 Å². The van der Waals surface area contributed by atoms with E-state index >= 15 is 0 Å². The third-order valence-corrected chi connectivity index (χ3v) is 2.75. The molecule has 2 rings (SSSR count). The van der Waals surface area contributed by atoms with Crippen molar-refractivity contribution < 1.29 is 0 Å². The average Bonchev–Trinajstić information content (AvgIpc) is 2.34. The highest BCUT2D eigenvalue weighted by Gasteiger charge is 2.09. The summed E-state index contributed by atoms with van der Waals surface area (Å²) in [5.41, 5.74) is 2.23.